The van der Waals surface area contributed by atoms with Crippen molar-refractivity contribution in [1.29, 1.82) is 0 Å². The third-order valence-corrected chi connectivity index (χ3v) is 6.06. The Labute approximate surface area is 184 Å². The van der Waals surface area contributed by atoms with Gasteiger partial charge in [-0.15, -0.1) is 0 Å². The van der Waals surface area contributed by atoms with E-state index < -0.39 is 0 Å². The molecule has 7 nitrogen and oxygen atoms in total. The van der Waals surface area contributed by atoms with Gasteiger partial charge in [0.05, 0.1) is 14.2 Å². The molecular formula is C24H33N3O4. The number of likely N-dealkylation sites (tertiary alicyclic amines) is 1. The molecule has 0 saturated carbocycles. The van der Waals surface area contributed by atoms with Crippen molar-refractivity contribution in [3.8, 4) is 11.5 Å². The van der Waals surface area contributed by atoms with Gasteiger partial charge in [-0.2, -0.15) is 0 Å². The summed E-state index contributed by atoms with van der Waals surface area (Å²) in [7, 11) is 3.20. The number of carbonyl (C=O) groups excluding carboxylic acids is 1. The van der Waals surface area contributed by atoms with Crippen LogP contribution in [0.2, 0.25) is 0 Å². The van der Waals surface area contributed by atoms with Gasteiger partial charge in [-0.1, -0.05) is 13.0 Å². The number of aromatic nitrogens is 1. The minimum absolute atomic E-state index is 0.236. The first-order chi connectivity index (χ1) is 15.0. The normalized spacial score (nSPS) is 16.3. The summed E-state index contributed by atoms with van der Waals surface area (Å²) in [6.45, 7) is 8.15. The van der Waals surface area contributed by atoms with E-state index in [1.54, 1.807) is 25.0 Å². The Morgan fingerprint density at radius 3 is 2.65 bits per heavy atom. The second kappa shape index (κ2) is 10.5. The number of ether oxygens (including phenoxy) is 2. The number of hydrogen-bond acceptors (Lipinski definition) is 5. The van der Waals surface area contributed by atoms with Crippen molar-refractivity contribution in [1.82, 2.24) is 14.8 Å². The molecule has 1 fully saturated rings. The zero-order valence-corrected chi connectivity index (χ0v) is 18.9. The van der Waals surface area contributed by atoms with Crippen molar-refractivity contribution in [2.75, 3.05) is 40.4 Å². The zero-order chi connectivity index (χ0) is 22.4. The number of pyridine rings is 1. The largest absolute Gasteiger partial charge is 0.493 e. The van der Waals surface area contributed by atoms with Crippen LogP contribution in [0.15, 0.2) is 35.3 Å². The van der Waals surface area contributed by atoms with Gasteiger partial charge in [0, 0.05) is 25.8 Å². The Bertz CT molecular complexity index is 970. The predicted octanol–water partition coefficient (Wildman–Crippen LogP) is 2.49. The lowest BCUT2D eigenvalue weighted by Crippen LogP contribution is -2.37. The molecular weight excluding hydrogens is 394 g/mol. The van der Waals surface area contributed by atoms with Gasteiger partial charge in [-0.05, 0) is 68.1 Å². The van der Waals surface area contributed by atoms with Crippen LogP contribution in [0.25, 0.3) is 0 Å². The molecule has 168 valence electrons. The first-order valence-electron chi connectivity index (χ1n) is 10.9. The summed E-state index contributed by atoms with van der Waals surface area (Å²) in [5.41, 5.74) is 1.71. The highest BCUT2D eigenvalue weighted by Crippen LogP contribution is 2.27. The number of carbonyl (C=O) groups is 1. The van der Waals surface area contributed by atoms with Crippen molar-refractivity contribution in [3.63, 3.8) is 0 Å². The smallest absolute Gasteiger partial charge is 0.263 e. The monoisotopic (exact) mass is 427 g/mol. The molecule has 31 heavy (non-hydrogen) atoms. The Morgan fingerprint density at radius 2 is 1.97 bits per heavy atom. The molecule has 1 aromatic heterocycles. The number of nitrogens with zero attached hydrogens (tertiary/aromatic N) is 2. The third kappa shape index (κ3) is 5.47. The Kier molecular flexibility index (Phi) is 7.74. The van der Waals surface area contributed by atoms with Gasteiger partial charge in [0.25, 0.3) is 11.5 Å². The van der Waals surface area contributed by atoms with Gasteiger partial charge in [0.2, 0.25) is 0 Å². The molecule has 1 saturated heterocycles. The van der Waals surface area contributed by atoms with Gasteiger partial charge in [-0.3, -0.25) is 9.59 Å². The van der Waals surface area contributed by atoms with Crippen molar-refractivity contribution in [2.45, 2.75) is 33.2 Å². The van der Waals surface area contributed by atoms with Crippen molar-refractivity contribution in [2.24, 2.45) is 5.92 Å². The van der Waals surface area contributed by atoms with Gasteiger partial charge < -0.3 is 24.3 Å². The predicted molar refractivity (Wildman–Crippen MR) is 121 cm³/mol. The van der Waals surface area contributed by atoms with E-state index in [-0.39, 0.29) is 17.0 Å². The number of aryl methyl sites for hydroxylation is 3. The van der Waals surface area contributed by atoms with Crippen LogP contribution in [0.3, 0.4) is 0 Å². The van der Waals surface area contributed by atoms with Crippen LogP contribution in [0.5, 0.6) is 11.5 Å². The molecule has 3 rings (SSSR count). The van der Waals surface area contributed by atoms with Gasteiger partial charge in [-0.25, -0.2) is 0 Å². The summed E-state index contributed by atoms with van der Waals surface area (Å²) in [5.74, 6) is 1.49. The SMILES string of the molecule is CCN1CCC(CNC(=O)c2c(C)ccn(CCc3ccc(OC)c(OC)c3)c2=O)C1. The molecule has 0 radical (unpaired) electrons. The van der Waals surface area contributed by atoms with Gasteiger partial charge in [0.1, 0.15) is 5.56 Å². The quantitative estimate of drug-likeness (QED) is 0.666. The number of rotatable bonds is 9. The molecule has 0 bridgehead atoms. The number of amides is 1. The molecule has 1 N–H and O–H groups in total. The van der Waals surface area contributed by atoms with Crippen LogP contribution in [-0.2, 0) is 13.0 Å². The lowest BCUT2D eigenvalue weighted by Gasteiger charge is -2.15. The van der Waals surface area contributed by atoms with Crippen LogP contribution >= 0.6 is 0 Å². The van der Waals surface area contributed by atoms with Crippen molar-refractivity contribution < 1.29 is 14.3 Å². The maximum Gasteiger partial charge on any atom is 0.263 e. The summed E-state index contributed by atoms with van der Waals surface area (Å²) in [6, 6.07) is 7.55. The summed E-state index contributed by atoms with van der Waals surface area (Å²) in [6.07, 6.45) is 3.47. The lowest BCUT2D eigenvalue weighted by atomic mass is 10.1. The van der Waals surface area contributed by atoms with Crippen LogP contribution in [0.1, 0.15) is 34.8 Å². The van der Waals surface area contributed by atoms with Crippen LogP contribution in [-0.4, -0.2) is 55.8 Å². The second-order valence-electron chi connectivity index (χ2n) is 8.07. The maximum atomic E-state index is 13.0. The number of methoxy groups -OCH3 is 2. The molecule has 1 aliphatic rings. The molecule has 1 aromatic carbocycles. The summed E-state index contributed by atoms with van der Waals surface area (Å²) >= 11 is 0. The molecule has 0 spiro atoms. The minimum Gasteiger partial charge on any atom is -0.493 e. The fourth-order valence-electron chi connectivity index (χ4n) is 4.10. The minimum atomic E-state index is -0.280. The van der Waals surface area contributed by atoms with Gasteiger partial charge in [0.15, 0.2) is 11.5 Å². The molecule has 7 heteroatoms. The average molecular weight is 428 g/mol. The lowest BCUT2D eigenvalue weighted by molar-refractivity contribution is 0.0944. The number of nitrogens with one attached hydrogen (secondary N) is 1. The van der Waals surface area contributed by atoms with Crippen LogP contribution in [0.4, 0.5) is 0 Å². The van der Waals surface area contributed by atoms with E-state index in [4.69, 9.17) is 9.47 Å². The highest BCUT2D eigenvalue weighted by Gasteiger charge is 2.23. The molecule has 1 unspecified atom stereocenters. The molecule has 1 aliphatic heterocycles. The van der Waals surface area contributed by atoms with Crippen molar-refractivity contribution >= 4 is 5.91 Å². The van der Waals surface area contributed by atoms with E-state index >= 15 is 0 Å². The molecule has 2 heterocycles. The Morgan fingerprint density at radius 1 is 1.19 bits per heavy atom. The number of hydrogen-bond donors (Lipinski definition) is 1. The van der Waals surface area contributed by atoms with Gasteiger partial charge >= 0.3 is 0 Å². The third-order valence-electron chi connectivity index (χ3n) is 6.06. The maximum absolute atomic E-state index is 13.0. The summed E-state index contributed by atoms with van der Waals surface area (Å²) in [4.78, 5) is 28.2. The van der Waals surface area contributed by atoms with Crippen LogP contribution < -0.4 is 20.3 Å². The average Bonchev–Trinajstić information content (AvgIpc) is 3.25. The molecule has 0 aliphatic carbocycles. The first-order valence-corrected chi connectivity index (χ1v) is 10.9. The van der Waals surface area contributed by atoms with Crippen LogP contribution in [0, 0.1) is 12.8 Å². The van der Waals surface area contributed by atoms with E-state index in [9.17, 15) is 9.59 Å². The molecule has 1 atom stereocenters. The highest BCUT2D eigenvalue weighted by atomic mass is 16.5. The molecule has 1 amide bonds. The fraction of sp³-hybridized carbons (Fsp3) is 0.500. The second-order valence-corrected chi connectivity index (χ2v) is 8.07. The van der Waals surface area contributed by atoms with Crippen molar-refractivity contribution in [3.05, 3.63) is 57.5 Å². The summed E-state index contributed by atoms with van der Waals surface area (Å²) < 4.78 is 12.2. The highest BCUT2D eigenvalue weighted by molar-refractivity contribution is 5.95. The Hall–Kier alpha value is -2.80. The Balaban J connectivity index is 1.67. The van der Waals surface area contributed by atoms with E-state index in [2.05, 4.69) is 17.1 Å². The first kappa shape index (κ1) is 22.9. The number of benzene rings is 1. The van der Waals surface area contributed by atoms with E-state index in [0.29, 0.717) is 42.5 Å². The fourth-order valence-corrected chi connectivity index (χ4v) is 4.10. The standard InChI is InChI=1S/C24H33N3O4/c1-5-26-11-9-19(16-26)15-25-23(28)22-17(2)8-12-27(24(22)29)13-10-18-6-7-20(30-3)21(14-18)31-4/h6-8,12,14,19H,5,9-11,13,15-16H2,1-4H3,(H,25,28). The van der Waals surface area contributed by atoms with E-state index in [0.717, 1.165) is 31.6 Å². The zero-order valence-electron chi connectivity index (χ0n) is 18.9. The molecule has 2 aromatic rings. The van der Waals surface area contributed by atoms with E-state index in [1.165, 1.54) is 0 Å². The summed E-state index contributed by atoms with van der Waals surface area (Å²) in [5, 5.41) is 2.99. The van der Waals surface area contributed by atoms with E-state index in [1.807, 2.05) is 31.2 Å². The topological polar surface area (TPSA) is 72.8 Å².